The van der Waals surface area contributed by atoms with Crippen LogP contribution in [0, 0.1) is 0 Å². The zero-order chi connectivity index (χ0) is 9.97. The summed E-state index contributed by atoms with van der Waals surface area (Å²) in [6.45, 7) is 2.96. The van der Waals surface area contributed by atoms with Gasteiger partial charge in [-0.25, -0.2) is 0 Å². The molecule has 0 aliphatic carbocycles. The molecule has 0 spiro atoms. The van der Waals surface area contributed by atoms with Gasteiger partial charge >= 0.3 is 0 Å². The summed E-state index contributed by atoms with van der Waals surface area (Å²) in [5.41, 5.74) is 0.732. The third-order valence-electron chi connectivity index (χ3n) is 2.64. The second-order valence-electron chi connectivity index (χ2n) is 3.91. The molecule has 1 aromatic heterocycles. The zero-order valence-electron chi connectivity index (χ0n) is 8.35. The molecule has 0 aromatic carbocycles. The van der Waals surface area contributed by atoms with Gasteiger partial charge in [0.2, 0.25) is 0 Å². The van der Waals surface area contributed by atoms with Crippen LogP contribution in [-0.2, 0) is 11.3 Å². The van der Waals surface area contributed by atoms with Crippen LogP contribution < -0.4 is 0 Å². The zero-order valence-corrected chi connectivity index (χ0v) is 8.35. The lowest BCUT2D eigenvalue weighted by atomic mass is 10.2. The monoisotopic (exact) mass is 193 g/mol. The fourth-order valence-corrected chi connectivity index (χ4v) is 1.90. The van der Waals surface area contributed by atoms with Gasteiger partial charge in [-0.3, -0.25) is 4.79 Å². The van der Waals surface area contributed by atoms with E-state index in [-0.39, 0.29) is 0 Å². The van der Waals surface area contributed by atoms with Crippen molar-refractivity contribution in [3.05, 3.63) is 24.0 Å². The lowest BCUT2D eigenvalue weighted by molar-refractivity contribution is 0.0458. The molecule has 3 heteroatoms. The quantitative estimate of drug-likeness (QED) is 0.686. The minimum Gasteiger partial charge on any atom is -0.373 e. The molecule has 2 unspecified atom stereocenters. The van der Waals surface area contributed by atoms with Gasteiger partial charge in [0.1, 0.15) is 0 Å². The standard InChI is InChI=1S/C11H15NO2/c1-9-2-3-11(14-9)7-12-5-4-10(6-12)8-13/h4-6,8-9,11H,2-3,7H2,1H3. The number of rotatable bonds is 3. The van der Waals surface area contributed by atoms with E-state index < -0.39 is 0 Å². The van der Waals surface area contributed by atoms with Crippen LogP contribution in [0.15, 0.2) is 18.5 Å². The molecule has 0 amide bonds. The molecule has 2 atom stereocenters. The van der Waals surface area contributed by atoms with Crippen molar-refractivity contribution in [2.24, 2.45) is 0 Å². The first-order valence-corrected chi connectivity index (χ1v) is 5.04. The molecule has 1 aromatic rings. The lowest BCUT2D eigenvalue weighted by Crippen LogP contribution is -2.15. The summed E-state index contributed by atoms with van der Waals surface area (Å²) in [4.78, 5) is 10.5. The van der Waals surface area contributed by atoms with Crippen molar-refractivity contribution in [2.75, 3.05) is 0 Å². The molecule has 0 N–H and O–H groups in total. The molecule has 14 heavy (non-hydrogen) atoms. The van der Waals surface area contributed by atoms with Crippen LogP contribution in [0.25, 0.3) is 0 Å². The highest BCUT2D eigenvalue weighted by atomic mass is 16.5. The summed E-state index contributed by atoms with van der Waals surface area (Å²) < 4.78 is 7.72. The van der Waals surface area contributed by atoms with Crippen LogP contribution in [0.3, 0.4) is 0 Å². The van der Waals surface area contributed by atoms with Gasteiger partial charge in [0.05, 0.1) is 12.2 Å². The van der Waals surface area contributed by atoms with E-state index in [1.54, 1.807) is 0 Å². The number of aromatic nitrogens is 1. The van der Waals surface area contributed by atoms with Crippen LogP contribution in [0.5, 0.6) is 0 Å². The Hall–Kier alpha value is -1.09. The highest BCUT2D eigenvalue weighted by Crippen LogP contribution is 2.20. The van der Waals surface area contributed by atoms with Gasteiger partial charge in [-0.2, -0.15) is 0 Å². The van der Waals surface area contributed by atoms with Crippen molar-refractivity contribution in [1.29, 1.82) is 0 Å². The number of ether oxygens (including phenoxy) is 1. The molecular formula is C11H15NO2. The number of carbonyl (C=O) groups is 1. The molecule has 0 bridgehead atoms. The first-order chi connectivity index (χ1) is 6.78. The minimum absolute atomic E-state index is 0.317. The van der Waals surface area contributed by atoms with E-state index in [1.165, 1.54) is 0 Å². The van der Waals surface area contributed by atoms with E-state index in [0.29, 0.717) is 12.2 Å². The topological polar surface area (TPSA) is 31.2 Å². The van der Waals surface area contributed by atoms with Crippen LogP contribution >= 0.6 is 0 Å². The van der Waals surface area contributed by atoms with Crippen LogP contribution in [0.2, 0.25) is 0 Å². The van der Waals surface area contributed by atoms with Gasteiger partial charge in [0.25, 0.3) is 0 Å². The molecule has 1 aliphatic rings. The van der Waals surface area contributed by atoms with Gasteiger partial charge in [-0.05, 0) is 25.8 Å². The molecule has 0 saturated carbocycles. The van der Waals surface area contributed by atoms with Crippen LogP contribution in [-0.4, -0.2) is 23.1 Å². The molecule has 1 aliphatic heterocycles. The predicted octanol–water partition coefficient (Wildman–Crippen LogP) is 1.87. The molecule has 2 heterocycles. The first-order valence-electron chi connectivity index (χ1n) is 5.04. The average molecular weight is 193 g/mol. The highest BCUT2D eigenvalue weighted by Gasteiger charge is 2.21. The average Bonchev–Trinajstić information content (AvgIpc) is 2.76. The SMILES string of the molecule is CC1CCC(Cn2ccc(C=O)c2)O1. The highest BCUT2D eigenvalue weighted by molar-refractivity contribution is 5.74. The second kappa shape index (κ2) is 3.96. The third-order valence-corrected chi connectivity index (χ3v) is 2.64. The fraction of sp³-hybridized carbons (Fsp3) is 0.545. The third kappa shape index (κ3) is 2.04. The minimum atomic E-state index is 0.317. The summed E-state index contributed by atoms with van der Waals surface area (Å²) in [5, 5.41) is 0. The van der Waals surface area contributed by atoms with Gasteiger partial charge < -0.3 is 9.30 Å². The molecule has 76 valence electrons. The molecule has 3 nitrogen and oxygen atoms in total. The maximum absolute atomic E-state index is 10.5. The van der Waals surface area contributed by atoms with E-state index in [4.69, 9.17) is 4.74 Å². The number of nitrogens with zero attached hydrogens (tertiary/aromatic N) is 1. The largest absolute Gasteiger partial charge is 0.373 e. The van der Waals surface area contributed by atoms with E-state index in [0.717, 1.165) is 31.2 Å². The second-order valence-corrected chi connectivity index (χ2v) is 3.91. The molecular weight excluding hydrogens is 178 g/mol. The van der Waals surface area contributed by atoms with Crippen molar-refractivity contribution >= 4 is 6.29 Å². The number of hydrogen-bond donors (Lipinski definition) is 0. The molecule has 1 saturated heterocycles. The van der Waals surface area contributed by atoms with Gasteiger partial charge in [-0.15, -0.1) is 0 Å². The van der Waals surface area contributed by atoms with Gasteiger partial charge in [0, 0.05) is 24.5 Å². The summed E-state index contributed by atoms with van der Waals surface area (Å²) in [5.74, 6) is 0. The fourth-order valence-electron chi connectivity index (χ4n) is 1.90. The molecule has 2 rings (SSSR count). The predicted molar refractivity (Wildman–Crippen MR) is 53.4 cm³/mol. The Morgan fingerprint density at radius 3 is 3.07 bits per heavy atom. The van der Waals surface area contributed by atoms with Gasteiger partial charge in [0.15, 0.2) is 6.29 Å². The summed E-state index contributed by atoms with van der Waals surface area (Å²) in [6, 6.07) is 1.82. The van der Waals surface area contributed by atoms with E-state index in [9.17, 15) is 4.79 Å². The van der Waals surface area contributed by atoms with Crippen molar-refractivity contribution < 1.29 is 9.53 Å². The maximum atomic E-state index is 10.5. The number of hydrogen-bond acceptors (Lipinski definition) is 2. The summed E-state index contributed by atoms with van der Waals surface area (Å²) >= 11 is 0. The van der Waals surface area contributed by atoms with Crippen molar-refractivity contribution in [3.63, 3.8) is 0 Å². The Labute approximate surface area is 83.7 Å². The Balaban J connectivity index is 1.93. The normalized spacial score (nSPS) is 26.6. The van der Waals surface area contributed by atoms with E-state index in [2.05, 4.69) is 6.92 Å². The van der Waals surface area contributed by atoms with E-state index >= 15 is 0 Å². The summed E-state index contributed by atoms with van der Waals surface area (Å²) in [7, 11) is 0. The first kappa shape index (κ1) is 9.46. The van der Waals surface area contributed by atoms with Gasteiger partial charge in [-0.1, -0.05) is 0 Å². The van der Waals surface area contributed by atoms with Crippen molar-refractivity contribution in [2.45, 2.75) is 38.5 Å². The Morgan fingerprint density at radius 1 is 1.64 bits per heavy atom. The van der Waals surface area contributed by atoms with Crippen LogP contribution in [0.1, 0.15) is 30.1 Å². The summed E-state index contributed by atoms with van der Waals surface area (Å²) in [6.07, 6.45) is 7.63. The smallest absolute Gasteiger partial charge is 0.151 e. The van der Waals surface area contributed by atoms with Crippen LogP contribution in [0.4, 0.5) is 0 Å². The Bertz CT molecular complexity index is 319. The lowest BCUT2D eigenvalue weighted by Gasteiger charge is -2.11. The Morgan fingerprint density at radius 2 is 2.50 bits per heavy atom. The van der Waals surface area contributed by atoms with Crippen molar-refractivity contribution in [1.82, 2.24) is 4.57 Å². The number of carbonyl (C=O) groups excluding carboxylic acids is 1. The number of aldehydes is 1. The molecule has 0 radical (unpaired) electrons. The maximum Gasteiger partial charge on any atom is 0.151 e. The van der Waals surface area contributed by atoms with Crippen molar-refractivity contribution in [3.8, 4) is 0 Å². The Kier molecular flexibility index (Phi) is 2.68. The molecule has 1 fully saturated rings. The van der Waals surface area contributed by atoms with E-state index in [1.807, 2.05) is 23.0 Å².